The van der Waals surface area contributed by atoms with Gasteiger partial charge in [-0.3, -0.25) is 0 Å². The molecule has 0 unspecified atom stereocenters. The summed E-state index contributed by atoms with van der Waals surface area (Å²) < 4.78 is 57.5. The monoisotopic (exact) mass is 444 g/mol. The lowest BCUT2D eigenvalue weighted by Gasteiger charge is -2.31. The molecule has 1 nitrogen and oxygen atoms in total. The third kappa shape index (κ3) is 6.73. The molecule has 2 aliphatic rings. The van der Waals surface area contributed by atoms with Crippen molar-refractivity contribution in [1.29, 1.82) is 0 Å². The smallest absolute Gasteiger partial charge is 0.272 e. The zero-order chi connectivity index (χ0) is 21.5. The summed E-state index contributed by atoms with van der Waals surface area (Å²) in [6.07, 6.45) is 8.99. The second-order valence-corrected chi connectivity index (χ2v) is 13.0. The van der Waals surface area contributed by atoms with Gasteiger partial charge in [0.1, 0.15) is 6.61 Å². The van der Waals surface area contributed by atoms with Crippen LogP contribution in [0.15, 0.2) is 12.1 Å². The highest BCUT2D eigenvalue weighted by Crippen LogP contribution is 2.39. The van der Waals surface area contributed by atoms with Crippen LogP contribution in [0.3, 0.4) is 0 Å². The molecule has 1 aromatic carbocycles. The van der Waals surface area contributed by atoms with Crippen molar-refractivity contribution >= 4 is 8.80 Å². The standard InChI is InChI=1S/C24H36F4OSi/c1-2-3-17-4-6-18(7-5-17)8-11-30-12-9-19(10-13-30)20-14-21(25)24(22(26)15-20)29-16-23(27)28/h14-15,17-19,23,30H,2-13,16H2,1H3. The van der Waals surface area contributed by atoms with E-state index in [0.29, 0.717) is 5.56 Å². The third-order valence-electron chi connectivity index (χ3n) is 7.34. The minimum Gasteiger partial charge on any atom is -0.482 e. The number of alkyl halides is 2. The Morgan fingerprint density at radius 3 is 2.03 bits per heavy atom. The van der Waals surface area contributed by atoms with Gasteiger partial charge in [-0.15, -0.1) is 0 Å². The molecule has 0 N–H and O–H groups in total. The van der Waals surface area contributed by atoms with Gasteiger partial charge in [-0.2, -0.15) is 0 Å². The van der Waals surface area contributed by atoms with Crippen LogP contribution in [0.1, 0.15) is 76.2 Å². The lowest BCUT2D eigenvalue weighted by atomic mass is 9.79. The van der Waals surface area contributed by atoms with E-state index in [4.69, 9.17) is 0 Å². The number of hydrogen-bond acceptors (Lipinski definition) is 1. The van der Waals surface area contributed by atoms with Gasteiger partial charge < -0.3 is 4.74 Å². The van der Waals surface area contributed by atoms with Crippen LogP contribution < -0.4 is 4.74 Å². The van der Waals surface area contributed by atoms with Crippen molar-refractivity contribution < 1.29 is 22.3 Å². The molecule has 1 heterocycles. The second kappa shape index (κ2) is 11.5. The van der Waals surface area contributed by atoms with Crippen LogP contribution in [0.2, 0.25) is 18.1 Å². The van der Waals surface area contributed by atoms with Gasteiger partial charge in [0.15, 0.2) is 17.4 Å². The first-order chi connectivity index (χ1) is 14.5. The molecule has 30 heavy (non-hydrogen) atoms. The van der Waals surface area contributed by atoms with E-state index in [-0.39, 0.29) is 5.92 Å². The second-order valence-electron chi connectivity index (χ2n) is 9.49. The van der Waals surface area contributed by atoms with Crippen molar-refractivity contribution in [2.45, 2.75) is 95.2 Å². The molecule has 1 saturated heterocycles. The van der Waals surface area contributed by atoms with Gasteiger partial charge in [0.05, 0.1) is 0 Å². The van der Waals surface area contributed by atoms with E-state index in [0.717, 1.165) is 24.7 Å². The molecule has 0 atom stereocenters. The van der Waals surface area contributed by atoms with Crippen molar-refractivity contribution in [2.24, 2.45) is 11.8 Å². The SMILES string of the molecule is CCCC1CCC(CC[SiH]2CCC(c3cc(F)c(OCC(F)F)c(F)c3)CC2)CC1. The molecule has 2 fully saturated rings. The maximum absolute atomic E-state index is 14.2. The Morgan fingerprint density at radius 2 is 1.50 bits per heavy atom. The zero-order valence-electron chi connectivity index (χ0n) is 18.2. The van der Waals surface area contributed by atoms with Crippen LogP contribution in [0.4, 0.5) is 17.6 Å². The first-order valence-electron chi connectivity index (χ1n) is 11.9. The van der Waals surface area contributed by atoms with E-state index in [1.54, 1.807) is 0 Å². The molecule has 1 aliphatic carbocycles. The summed E-state index contributed by atoms with van der Waals surface area (Å²) in [4.78, 5) is 0. The highest BCUT2D eigenvalue weighted by Gasteiger charge is 2.27. The van der Waals surface area contributed by atoms with E-state index in [9.17, 15) is 17.6 Å². The normalized spacial score (nSPS) is 27.4. The molecular weight excluding hydrogens is 408 g/mol. The largest absolute Gasteiger partial charge is 0.482 e. The number of benzene rings is 1. The first-order valence-corrected chi connectivity index (χ1v) is 14.3. The summed E-state index contributed by atoms with van der Waals surface area (Å²) in [6, 6.07) is 6.46. The Morgan fingerprint density at radius 1 is 0.933 bits per heavy atom. The molecule has 0 aromatic heterocycles. The van der Waals surface area contributed by atoms with E-state index in [2.05, 4.69) is 11.7 Å². The Bertz CT molecular complexity index is 630. The van der Waals surface area contributed by atoms with Crippen molar-refractivity contribution in [3.05, 3.63) is 29.3 Å². The number of ether oxygens (including phenoxy) is 1. The molecule has 0 amide bonds. The van der Waals surface area contributed by atoms with Gasteiger partial charge >= 0.3 is 0 Å². The number of halogens is 4. The van der Waals surface area contributed by atoms with E-state index >= 15 is 0 Å². The first kappa shape index (κ1) is 23.6. The zero-order valence-corrected chi connectivity index (χ0v) is 19.3. The molecule has 1 saturated carbocycles. The van der Waals surface area contributed by atoms with Crippen molar-refractivity contribution in [3.63, 3.8) is 0 Å². The molecule has 6 heteroatoms. The summed E-state index contributed by atoms with van der Waals surface area (Å²) in [6.45, 7) is 1.29. The summed E-state index contributed by atoms with van der Waals surface area (Å²) >= 11 is 0. The highest BCUT2D eigenvalue weighted by atomic mass is 28.3. The Hall–Kier alpha value is -1.04. The molecule has 0 bridgehead atoms. The fraction of sp³-hybridized carbons (Fsp3) is 0.750. The fourth-order valence-corrected chi connectivity index (χ4v) is 9.13. The summed E-state index contributed by atoms with van der Waals surface area (Å²) in [5, 5.41) is 0. The number of rotatable bonds is 9. The van der Waals surface area contributed by atoms with Gasteiger partial charge in [0.2, 0.25) is 0 Å². The summed E-state index contributed by atoms with van der Waals surface area (Å²) in [7, 11) is -0.741. The lowest BCUT2D eigenvalue weighted by molar-refractivity contribution is 0.0777. The minimum atomic E-state index is -2.75. The Kier molecular flexibility index (Phi) is 9.08. The predicted molar refractivity (Wildman–Crippen MR) is 116 cm³/mol. The molecule has 3 rings (SSSR count). The maximum Gasteiger partial charge on any atom is 0.272 e. The van der Waals surface area contributed by atoms with Crippen LogP contribution >= 0.6 is 0 Å². The van der Waals surface area contributed by atoms with Gasteiger partial charge in [0.25, 0.3) is 6.43 Å². The van der Waals surface area contributed by atoms with Crippen LogP contribution in [-0.2, 0) is 0 Å². The molecule has 1 aromatic rings. The Labute approximate surface area is 180 Å². The predicted octanol–water partition coefficient (Wildman–Crippen LogP) is 7.71. The van der Waals surface area contributed by atoms with Gasteiger partial charge in [-0.05, 0) is 48.3 Å². The quantitative estimate of drug-likeness (QED) is 0.280. The third-order valence-corrected chi connectivity index (χ3v) is 10.8. The van der Waals surface area contributed by atoms with Crippen molar-refractivity contribution in [2.75, 3.05) is 6.61 Å². The maximum atomic E-state index is 14.2. The van der Waals surface area contributed by atoms with Crippen molar-refractivity contribution in [3.8, 4) is 5.75 Å². The van der Waals surface area contributed by atoms with Crippen LogP contribution in [0.25, 0.3) is 0 Å². The average molecular weight is 445 g/mol. The van der Waals surface area contributed by atoms with Gasteiger partial charge in [-0.25, -0.2) is 17.6 Å². The van der Waals surface area contributed by atoms with Crippen LogP contribution in [-0.4, -0.2) is 21.8 Å². The molecule has 170 valence electrons. The lowest BCUT2D eigenvalue weighted by Crippen LogP contribution is -2.22. The van der Waals surface area contributed by atoms with Crippen LogP contribution in [0.5, 0.6) is 5.75 Å². The van der Waals surface area contributed by atoms with E-state index in [1.165, 1.54) is 75.2 Å². The van der Waals surface area contributed by atoms with Crippen molar-refractivity contribution in [1.82, 2.24) is 0 Å². The van der Waals surface area contributed by atoms with Gasteiger partial charge in [0, 0.05) is 8.80 Å². The molecule has 0 spiro atoms. The number of hydrogen-bond donors (Lipinski definition) is 0. The van der Waals surface area contributed by atoms with Crippen LogP contribution in [0, 0.1) is 23.5 Å². The Balaban J connectivity index is 1.43. The minimum absolute atomic E-state index is 0.173. The van der Waals surface area contributed by atoms with Gasteiger partial charge in [-0.1, -0.05) is 70.0 Å². The molecular formula is C24H36F4OSi. The average Bonchev–Trinajstić information content (AvgIpc) is 2.73. The van der Waals surface area contributed by atoms with E-state index < -0.39 is 39.2 Å². The highest BCUT2D eigenvalue weighted by molar-refractivity contribution is 6.59. The molecule has 0 radical (unpaired) electrons. The fourth-order valence-electron chi connectivity index (χ4n) is 5.57. The van der Waals surface area contributed by atoms with E-state index in [1.807, 2.05) is 0 Å². The topological polar surface area (TPSA) is 9.23 Å². The molecule has 1 aliphatic heterocycles. The summed E-state index contributed by atoms with van der Waals surface area (Å²) in [5.74, 6) is -0.367. The summed E-state index contributed by atoms with van der Waals surface area (Å²) in [5.41, 5.74) is 0.649.